The van der Waals surface area contributed by atoms with Crippen LogP contribution < -0.4 is 0 Å². The van der Waals surface area contributed by atoms with Gasteiger partial charge in [-0.2, -0.15) is 0 Å². The molecule has 0 atom stereocenters. The van der Waals surface area contributed by atoms with Crippen LogP contribution in [0.3, 0.4) is 0 Å². The molecule has 0 radical (unpaired) electrons. The van der Waals surface area contributed by atoms with E-state index in [4.69, 9.17) is 0 Å². The van der Waals surface area contributed by atoms with E-state index in [9.17, 15) is 9.90 Å². The van der Waals surface area contributed by atoms with E-state index in [1.54, 1.807) is 25.2 Å². The number of carboxylic acid groups (broad SMARTS) is 1. The van der Waals surface area contributed by atoms with Crippen LogP contribution in [0.4, 0.5) is 0 Å². The number of benzene rings is 1. The van der Waals surface area contributed by atoms with Crippen molar-refractivity contribution in [2.24, 2.45) is 0 Å². The van der Waals surface area contributed by atoms with Gasteiger partial charge < -0.3 is 5.11 Å². The Morgan fingerprint density at radius 2 is 2.11 bits per heavy atom. The highest BCUT2D eigenvalue weighted by Crippen LogP contribution is 2.27. The molecule has 0 aliphatic carbocycles. The van der Waals surface area contributed by atoms with Gasteiger partial charge in [0.2, 0.25) is 0 Å². The smallest absolute Gasteiger partial charge is 0.313 e. The van der Waals surface area contributed by atoms with E-state index < -0.39 is 11.4 Å². The summed E-state index contributed by atoms with van der Waals surface area (Å²) < 4.78 is 1.09. The van der Waals surface area contributed by atoms with Gasteiger partial charge in [0.25, 0.3) is 0 Å². The molecule has 0 aliphatic rings. The standard InChI is InChI=1S/C15H15BrO2S/c1-15(2,14(17)18)11-5-3-4-10(6-11)7-13-8-12(16)9-19-13/h3-6,8-9H,7H2,1-2H3,(H,17,18). The Balaban J connectivity index is 2.27. The molecule has 19 heavy (non-hydrogen) atoms. The number of thiophene rings is 1. The van der Waals surface area contributed by atoms with Gasteiger partial charge in [0.1, 0.15) is 0 Å². The average molecular weight is 339 g/mol. The van der Waals surface area contributed by atoms with Gasteiger partial charge in [0.15, 0.2) is 0 Å². The summed E-state index contributed by atoms with van der Waals surface area (Å²) in [4.78, 5) is 12.6. The van der Waals surface area contributed by atoms with E-state index in [0.29, 0.717) is 0 Å². The van der Waals surface area contributed by atoms with Crippen LogP contribution >= 0.6 is 27.3 Å². The SMILES string of the molecule is CC(C)(C(=O)O)c1cccc(Cc2cc(Br)cs2)c1. The summed E-state index contributed by atoms with van der Waals surface area (Å²) in [5.41, 5.74) is 1.13. The lowest BCUT2D eigenvalue weighted by molar-refractivity contribution is -0.142. The van der Waals surface area contributed by atoms with Crippen LogP contribution in [0.5, 0.6) is 0 Å². The molecule has 1 aromatic carbocycles. The summed E-state index contributed by atoms with van der Waals surface area (Å²) in [7, 11) is 0. The number of hydrogen-bond acceptors (Lipinski definition) is 2. The summed E-state index contributed by atoms with van der Waals surface area (Å²) in [5, 5.41) is 11.3. The van der Waals surface area contributed by atoms with E-state index in [0.717, 1.165) is 22.0 Å². The minimum Gasteiger partial charge on any atom is -0.481 e. The first-order chi connectivity index (χ1) is 8.89. The summed E-state index contributed by atoms with van der Waals surface area (Å²) in [6.45, 7) is 3.46. The van der Waals surface area contributed by atoms with Crippen molar-refractivity contribution >= 4 is 33.2 Å². The summed E-state index contributed by atoms with van der Waals surface area (Å²) >= 11 is 5.14. The van der Waals surface area contributed by atoms with Crippen molar-refractivity contribution < 1.29 is 9.90 Å². The third kappa shape index (κ3) is 3.25. The zero-order valence-electron chi connectivity index (χ0n) is 10.8. The van der Waals surface area contributed by atoms with Gasteiger partial charge in [0, 0.05) is 21.2 Å². The molecule has 0 saturated heterocycles. The summed E-state index contributed by atoms with van der Waals surface area (Å²) in [6, 6.07) is 9.93. The van der Waals surface area contributed by atoms with Crippen LogP contribution in [0.25, 0.3) is 0 Å². The average Bonchev–Trinajstić information content (AvgIpc) is 2.75. The first kappa shape index (κ1) is 14.3. The van der Waals surface area contributed by atoms with Gasteiger partial charge in [-0.15, -0.1) is 11.3 Å². The second kappa shape index (κ2) is 5.47. The third-order valence-electron chi connectivity index (χ3n) is 3.18. The summed E-state index contributed by atoms with van der Waals surface area (Å²) in [5.74, 6) is -0.802. The highest BCUT2D eigenvalue weighted by Gasteiger charge is 2.29. The number of aliphatic carboxylic acids is 1. The molecule has 0 spiro atoms. The molecule has 100 valence electrons. The van der Waals surface area contributed by atoms with Gasteiger partial charge in [0.05, 0.1) is 5.41 Å². The predicted molar refractivity (Wildman–Crippen MR) is 81.9 cm³/mol. The van der Waals surface area contributed by atoms with Crippen molar-refractivity contribution in [3.05, 3.63) is 56.2 Å². The summed E-state index contributed by atoms with van der Waals surface area (Å²) in [6.07, 6.45) is 0.833. The van der Waals surface area contributed by atoms with Crippen molar-refractivity contribution in [3.8, 4) is 0 Å². The van der Waals surface area contributed by atoms with Crippen LogP contribution in [-0.4, -0.2) is 11.1 Å². The maximum absolute atomic E-state index is 11.3. The van der Waals surface area contributed by atoms with Crippen LogP contribution in [-0.2, 0) is 16.6 Å². The van der Waals surface area contributed by atoms with Crippen molar-refractivity contribution in [2.75, 3.05) is 0 Å². The van der Waals surface area contributed by atoms with Crippen LogP contribution in [0, 0.1) is 0 Å². The van der Waals surface area contributed by atoms with E-state index >= 15 is 0 Å². The first-order valence-electron chi connectivity index (χ1n) is 5.95. The van der Waals surface area contributed by atoms with Crippen LogP contribution in [0.1, 0.15) is 29.9 Å². The molecule has 0 saturated carbocycles. The molecule has 1 aromatic heterocycles. The fourth-order valence-corrected chi connectivity index (χ4v) is 3.33. The normalized spacial score (nSPS) is 11.5. The van der Waals surface area contributed by atoms with Crippen LogP contribution in [0.2, 0.25) is 0 Å². The van der Waals surface area contributed by atoms with Gasteiger partial charge in [-0.05, 0) is 47.0 Å². The Kier molecular flexibility index (Phi) is 4.11. The molecule has 0 fully saturated rings. The van der Waals surface area contributed by atoms with Crippen molar-refractivity contribution in [1.29, 1.82) is 0 Å². The molecular formula is C15H15BrO2S. The van der Waals surface area contributed by atoms with Gasteiger partial charge in [-0.3, -0.25) is 4.79 Å². The Morgan fingerprint density at radius 3 is 2.68 bits per heavy atom. The Hall–Kier alpha value is -1.13. The monoisotopic (exact) mass is 338 g/mol. The second-order valence-electron chi connectivity index (χ2n) is 5.04. The lowest BCUT2D eigenvalue weighted by Crippen LogP contribution is -2.28. The molecule has 0 unspecified atom stereocenters. The number of carbonyl (C=O) groups is 1. The highest BCUT2D eigenvalue weighted by molar-refractivity contribution is 9.10. The molecule has 2 rings (SSSR count). The molecular weight excluding hydrogens is 324 g/mol. The number of halogens is 1. The van der Waals surface area contributed by atoms with Crippen LogP contribution in [0.15, 0.2) is 40.2 Å². The van der Waals surface area contributed by atoms with Crippen molar-refractivity contribution in [2.45, 2.75) is 25.7 Å². The minimum atomic E-state index is -0.855. The maximum Gasteiger partial charge on any atom is 0.313 e. The fourth-order valence-electron chi connectivity index (χ4n) is 1.84. The molecule has 2 nitrogen and oxygen atoms in total. The quantitative estimate of drug-likeness (QED) is 0.893. The molecule has 4 heteroatoms. The maximum atomic E-state index is 11.3. The topological polar surface area (TPSA) is 37.3 Å². The number of hydrogen-bond donors (Lipinski definition) is 1. The molecule has 0 aliphatic heterocycles. The molecule has 1 heterocycles. The van der Waals surface area contributed by atoms with Gasteiger partial charge in [-0.1, -0.05) is 24.3 Å². The zero-order valence-corrected chi connectivity index (χ0v) is 13.2. The minimum absolute atomic E-state index is 0.802. The van der Waals surface area contributed by atoms with E-state index in [1.165, 1.54) is 4.88 Å². The lowest BCUT2D eigenvalue weighted by atomic mass is 9.84. The number of carboxylic acids is 1. The Morgan fingerprint density at radius 1 is 1.37 bits per heavy atom. The molecule has 0 amide bonds. The van der Waals surface area contributed by atoms with Gasteiger partial charge in [-0.25, -0.2) is 0 Å². The second-order valence-corrected chi connectivity index (χ2v) is 6.95. The highest BCUT2D eigenvalue weighted by atomic mass is 79.9. The van der Waals surface area contributed by atoms with Crippen molar-refractivity contribution in [3.63, 3.8) is 0 Å². The lowest BCUT2D eigenvalue weighted by Gasteiger charge is -2.20. The molecule has 0 bridgehead atoms. The van der Waals surface area contributed by atoms with E-state index in [1.807, 2.05) is 24.3 Å². The van der Waals surface area contributed by atoms with E-state index in [-0.39, 0.29) is 0 Å². The molecule has 1 N–H and O–H groups in total. The largest absolute Gasteiger partial charge is 0.481 e. The third-order valence-corrected chi connectivity index (χ3v) is 4.88. The van der Waals surface area contributed by atoms with Crippen molar-refractivity contribution in [1.82, 2.24) is 0 Å². The first-order valence-corrected chi connectivity index (χ1v) is 7.62. The zero-order chi connectivity index (χ0) is 14.0. The molecule has 2 aromatic rings. The fraction of sp³-hybridized carbons (Fsp3) is 0.267. The van der Waals surface area contributed by atoms with Gasteiger partial charge >= 0.3 is 5.97 Å². The Labute approximate surface area is 125 Å². The predicted octanol–water partition coefficient (Wildman–Crippen LogP) is 4.46. The van der Waals surface area contributed by atoms with E-state index in [2.05, 4.69) is 27.4 Å². The number of rotatable bonds is 4. The Bertz CT molecular complexity index is 602.